The standard InChI is InChI=1S/C15H23NO3/c1-14(2)11(15(14,3)4)9-16-8-10-6-7-19-12(10)13(17)18-5/h6-7,11,16H,8-9H2,1-5H3. The molecule has 1 N–H and O–H groups in total. The number of methoxy groups -OCH3 is 1. The van der Waals surface area contributed by atoms with E-state index in [1.54, 1.807) is 0 Å². The van der Waals surface area contributed by atoms with Crippen LogP contribution in [0.15, 0.2) is 16.7 Å². The SMILES string of the molecule is COC(=O)c1occc1CNCC1C(C)(C)C1(C)C. The Kier molecular flexibility index (Phi) is 3.47. The number of furan rings is 1. The van der Waals surface area contributed by atoms with Gasteiger partial charge in [-0.05, 0) is 29.4 Å². The molecule has 0 atom stereocenters. The van der Waals surface area contributed by atoms with E-state index in [9.17, 15) is 4.79 Å². The van der Waals surface area contributed by atoms with Crippen LogP contribution in [0.3, 0.4) is 0 Å². The lowest BCUT2D eigenvalue weighted by Crippen LogP contribution is -2.20. The third-order valence-corrected chi connectivity index (χ3v) is 5.10. The van der Waals surface area contributed by atoms with E-state index >= 15 is 0 Å². The molecule has 0 bridgehead atoms. The molecular formula is C15H23NO3. The Labute approximate surface area is 114 Å². The number of carbonyl (C=O) groups is 1. The molecule has 1 aliphatic carbocycles. The van der Waals surface area contributed by atoms with E-state index in [1.165, 1.54) is 13.4 Å². The Morgan fingerprint density at radius 1 is 1.37 bits per heavy atom. The van der Waals surface area contributed by atoms with Crippen molar-refractivity contribution in [3.05, 3.63) is 23.7 Å². The van der Waals surface area contributed by atoms with E-state index in [1.807, 2.05) is 6.07 Å². The molecule has 4 nitrogen and oxygen atoms in total. The fourth-order valence-electron chi connectivity index (χ4n) is 2.94. The molecule has 0 saturated heterocycles. The molecule has 1 heterocycles. The molecule has 0 aromatic carbocycles. The van der Waals surface area contributed by atoms with Gasteiger partial charge in [-0.15, -0.1) is 0 Å². The van der Waals surface area contributed by atoms with Crippen LogP contribution in [-0.4, -0.2) is 19.6 Å². The maximum Gasteiger partial charge on any atom is 0.374 e. The quantitative estimate of drug-likeness (QED) is 0.832. The zero-order valence-electron chi connectivity index (χ0n) is 12.4. The van der Waals surface area contributed by atoms with Gasteiger partial charge in [0.2, 0.25) is 5.76 Å². The predicted molar refractivity (Wildman–Crippen MR) is 72.8 cm³/mol. The molecule has 1 aromatic rings. The second kappa shape index (κ2) is 4.67. The third kappa shape index (κ3) is 2.29. The summed E-state index contributed by atoms with van der Waals surface area (Å²) in [6.07, 6.45) is 1.52. The highest BCUT2D eigenvalue weighted by Gasteiger charge is 2.63. The van der Waals surface area contributed by atoms with Gasteiger partial charge in [0, 0.05) is 12.1 Å². The van der Waals surface area contributed by atoms with Crippen molar-refractivity contribution in [3.8, 4) is 0 Å². The number of ether oxygens (including phenoxy) is 1. The van der Waals surface area contributed by atoms with Gasteiger partial charge >= 0.3 is 5.97 Å². The van der Waals surface area contributed by atoms with Gasteiger partial charge in [-0.3, -0.25) is 0 Å². The molecule has 0 unspecified atom stereocenters. The van der Waals surface area contributed by atoms with Gasteiger partial charge in [0.05, 0.1) is 13.4 Å². The normalized spacial score (nSPS) is 20.3. The topological polar surface area (TPSA) is 51.5 Å². The van der Waals surface area contributed by atoms with E-state index in [0.29, 0.717) is 29.1 Å². The fraction of sp³-hybridized carbons (Fsp3) is 0.667. The highest BCUT2D eigenvalue weighted by Crippen LogP contribution is 2.67. The molecule has 4 heteroatoms. The summed E-state index contributed by atoms with van der Waals surface area (Å²) in [6, 6.07) is 1.81. The minimum Gasteiger partial charge on any atom is -0.463 e. The first-order valence-corrected chi connectivity index (χ1v) is 6.67. The van der Waals surface area contributed by atoms with Crippen molar-refractivity contribution in [2.75, 3.05) is 13.7 Å². The molecule has 0 radical (unpaired) electrons. The van der Waals surface area contributed by atoms with Gasteiger partial charge in [-0.2, -0.15) is 0 Å². The van der Waals surface area contributed by atoms with Crippen molar-refractivity contribution in [1.82, 2.24) is 5.32 Å². The van der Waals surface area contributed by atoms with Gasteiger partial charge in [-0.25, -0.2) is 4.79 Å². The monoisotopic (exact) mass is 265 g/mol. The van der Waals surface area contributed by atoms with E-state index in [0.717, 1.165) is 12.1 Å². The summed E-state index contributed by atoms with van der Waals surface area (Å²) in [5, 5.41) is 3.41. The van der Waals surface area contributed by atoms with E-state index in [2.05, 4.69) is 37.7 Å². The van der Waals surface area contributed by atoms with Crippen molar-refractivity contribution in [2.24, 2.45) is 16.7 Å². The first-order chi connectivity index (χ1) is 8.82. The van der Waals surface area contributed by atoms with Crippen LogP contribution >= 0.6 is 0 Å². The van der Waals surface area contributed by atoms with Crippen LogP contribution in [0.5, 0.6) is 0 Å². The van der Waals surface area contributed by atoms with Crippen molar-refractivity contribution in [2.45, 2.75) is 34.2 Å². The summed E-state index contributed by atoms with van der Waals surface area (Å²) in [6.45, 7) is 10.8. The summed E-state index contributed by atoms with van der Waals surface area (Å²) in [7, 11) is 1.36. The Balaban J connectivity index is 1.88. The number of hydrogen-bond donors (Lipinski definition) is 1. The Morgan fingerprint density at radius 3 is 2.53 bits per heavy atom. The van der Waals surface area contributed by atoms with Gasteiger partial charge < -0.3 is 14.5 Å². The molecule has 1 fully saturated rings. The Bertz CT molecular complexity index is 459. The number of rotatable bonds is 5. The average molecular weight is 265 g/mol. The van der Waals surface area contributed by atoms with E-state index in [4.69, 9.17) is 4.42 Å². The highest BCUT2D eigenvalue weighted by atomic mass is 16.5. The van der Waals surface area contributed by atoms with Crippen LogP contribution < -0.4 is 5.32 Å². The summed E-state index contributed by atoms with van der Waals surface area (Å²) in [5.74, 6) is 0.534. The summed E-state index contributed by atoms with van der Waals surface area (Å²) < 4.78 is 9.84. The van der Waals surface area contributed by atoms with Crippen molar-refractivity contribution in [1.29, 1.82) is 0 Å². The lowest BCUT2D eigenvalue weighted by molar-refractivity contribution is 0.0563. The molecule has 2 rings (SSSR count). The molecule has 1 aliphatic rings. The molecule has 0 aliphatic heterocycles. The second-order valence-electron chi connectivity index (χ2n) is 6.39. The van der Waals surface area contributed by atoms with Crippen molar-refractivity contribution in [3.63, 3.8) is 0 Å². The summed E-state index contributed by atoms with van der Waals surface area (Å²) in [5.41, 5.74) is 1.60. The van der Waals surface area contributed by atoms with E-state index in [-0.39, 0.29) is 0 Å². The largest absolute Gasteiger partial charge is 0.463 e. The molecule has 1 saturated carbocycles. The smallest absolute Gasteiger partial charge is 0.374 e. The minimum absolute atomic E-state index is 0.296. The molecular weight excluding hydrogens is 242 g/mol. The van der Waals surface area contributed by atoms with Crippen LogP contribution in [-0.2, 0) is 11.3 Å². The first-order valence-electron chi connectivity index (χ1n) is 6.67. The number of esters is 1. The van der Waals surface area contributed by atoms with Crippen LogP contribution in [0.25, 0.3) is 0 Å². The van der Waals surface area contributed by atoms with Crippen molar-refractivity contribution < 1.29 is 13.9 Å². The molecule has 0 amide bonds. The second-order valence-corrected chi connectivity index (χ2v) is 6.39. The first kappa shape index (κ1) is 14.1. The molecule has 0 spiro atoms. The minimum atomic E-state index is -0.422. The molecule has 1 aromatic heterocycles. The summed E-state index contributed by atoms with van der Waals surface area (Å²) >= 11 is 0. The predicted octanol–water partition coefficient (Wildman–Crippen LogP) is 2.84. The highest BCUT2D eigenvalue weighted by molar-refractivity contribution is 5.87. The van der Waals surface area contributed by atoms with Crippen LogP contribution in [0.4, 0.5) is 0 Å². The lowest BCUT2D eigenvalue weighted by Gasteiger charge is -2.06. The maximum atomic E-state index is 11.5. The lowest BCUT2D eigenvalue weighted by atomic mass is 10.0. The Morgan fingerprint density at radius 2 is 2.00 bits per heavy atom. The maximum absolute atomic E-state index is 11.5. The van der Waals surface area contributed by atoms with Crippen LogP contribution in [0.1, 0.15) is 43.8 Å². The third-order valence-electron chi connectivity index (χ3n) is 5.10. The van der Waals surface area contributed by atoms with Gasteiger partial charge in [0.15, 0.2) is 0 Å². The Hall–Kier alpha value is -1.29. The molecule has 19 heavy (non-hydrogen) atoms. The average Bonchev–Trinajstić information content (AvgIpc) is 2.75. The molecule has 106 valence electrons. The van der Waals surface area contributed by atoms with Crippen molar-refractivity contribution >= 4 is 5.97 Å². The number of hydrogen-bond acceptors (Lipinski definition) is 4. The number of nitrogens with one attached hydrogen (secondary N) is 1. The fourth-order valence-corrected chi connectivity index (χ4v) is 2.94. The van der Waals surface area contributed by atoms with Gasteiger partial charge in [0.25, 0.3) is 0 Å². The van der Waals surface area contributed by atoms with Crippen LogP contribution in [0, 0.1) is 16.7 Å². The summed E-state index contributed by atoms with van der Waals surface area (Å²) in [4.78, 5) is 11.5. The van der Waals surface area contributed by atoms with E-state index < -0.39 is 5.97 Å². The zero-order chi connectivity index (χ0) is 14.3. The van der Waals surface area contributed by atoms with Gasteiger partial charge in [0.1, 0.15) is 0 Å². The zero-order valence-corrected chi connectivity index (χ0v) is 12.4. The van der Waals surface area contributed by atoms with Gasteiger partial charge in [-0.1, -0.05) is 27.7 Å². The van der Waals surface area contributed by atoms with Crippen LogP contribution in [0.2, 0.25) is 0 Å². The number of carbonyl (C=O) groups excluding carboxylic acids is 1.